The van der Waals surface area contributed by atoms with Crippen LogP contribution in [0.4, 0.5) is 0 Å². The summed E-state index contributed by atoms with van der Waals surface area (Å²) in [5.74, 6) is -0.501. The van der Waals surface area contributed by atoms with Gasteiger partial charge in [0.15, 0.2) is 0 Å². The Hall–Kier alpha value is -1.40. The monoisotopic (exact) mass is 309 g/mol. The molecule has 1 heterocycles. The SMILES string of the molecule is CN1CCO[C@@H](CN(CC(N)=O)C(=O)CC2=CCCCC2)C1. The molecule has 2 N–H and O–H groups in total. The molecule has 2 amide bonds. The van der Waals surface area contributed by atoms with Gasteiger partial charge in [0, 0.05) is 26.1 Å². The summed E-state index contributed by atoms with van der Waals surface area (Å²) in [7, 11) is 2.03. The minimum Gasteiger partial charge on any atom is -0.374 e. The van der Waals surface area contributed by atoms with E-state index < -0.39 is 5.91 Å². The fourth-order valence-corrected chi connectivity index (χ4v) is 3.04. The number of allylic oxidation sites excluding steroid dienone is 1. The highest BCUT2D eigenvalue weighted by Gasteiger charge is 2.25. The maximum atomic E-state index is 12.5. The normalized spacial score (nSPS) is 23.0. The maximum absolute atomic E-state index is 12.5. The number of primary amides is 1. The van der Waals surface area contributed by atoms with Gasteiger partial charge in [0.1, 0.15) is 0 Å². The second-order valence-corrected chi connectivity index (χ2v) is 6.28. The van der Waals surface area contributed by atoms with E-state index in [9.17, 15) is 9.59 Å². The topological polar surface area (TPSA) is 75.9 Å². The van der Waals surface area contributed by atoms with Crippen LogP contribution in [0.3, 0.4) is 0 Å². The Kier molecular flexibility index (Phi) is 6.39. The number of carbonyl (C=O) groups excluding carboxylic acids is 2. The fraction of sp³-hybridized carbons (Fsp3) is 0.750. The predicted molar refractivity (Wildman–Crippen MR) is 84.2 cm³/mol. The summed E-state index contributed by atoms with van der Waals surface area (Å²) >= 11 is 0. The van der Waals surface area contributed by atoms with E-state index in [0.29, 0.717) is 19.6 Å². The van der Waals surface area contributed by atoms with Gasteiger partial charge in [-0.15, -0.1) is 0 Å². The summed E-state index contributed by atoms with van der Waals surface area (Å²) < 4.78 is 5.70. The Morgan fingerprint density at radius 3 is 2.91 bits per heavy atom. The van der Waals surface area contributed by atoms with Crippen molar-refractivity contribution in [2.45, 2.75) is 38.2 Å². The van der Waals surface area contributed by atoms with Crippen molar-refractivity contribution >= 4 is 11.8 Å². The lowest BCUT2D eigenvalue weighted by atomic mass is 9.97. The molecule has 2 rings (SSSR count). The molecule has 2 aliphatic rings. The molecule has 6 nitrogen and oxygen atoms in total. The number of hydrogen-bond donors (Lipinski definition) is 1. The number of nitrogens with zero attached hydrogens (tertiary/aromatic N) is 2. The summed E-state index contributed by atoms with van der Waals surface area (Å²) in [6.07, 6.45) is 6.89. The second kappa shape index (κ2) is 8.29. The third-order valence-electron chi connectivity index (χ3n) is 4.23. The van der Waals surface area contributed by atoms with Crippen molar-refractivity contribution in [3.05, 3.63) is 11.6 Å². The lowest BCUT2D eigenvalue weighted by Crippen LogP contribution is -2.49. The summed E-state index contributed by atoms with van der Waals surface area (Å²) in [6, 6.07) is 0. The first kappa shape index (κ1) is 17.0. The molecule has 0 aromatic rings. The van der Waals surface area contributed by atoms with Crippen LogP contribution in [0.25, 0.3) is 0 Å². The van der Waals surface area contributed by atoms with Gasteiger partial charge in [-0.2, -0.15) is 0 Å². The number of nitrogens with two attached hydrogens (primary N) is 1. The lowest BCUT2D eigenvalue weighted by Gasteiger charge is -2.33. The van der Waals surface area contributed by atoms with Gasteiger partial charge in [0.2, 0.25) is 11.8 Å². The molecule has 0 spiro atoms. The Bertz CT molecular complexity index is 436. The van der Waals surface area contributed by atoms with Crippen LogP contribution >= 0.6 is 0 Å². The number of hydrogen-bond acceptors (Lipinski definition) is 4. The molecule has 0 saturated carbocycles. The van der Waals surface area contributed by atoms with Gasteiger partial charge in [-0.1, -0.05) is 11.6 Å². The third kappa shape index (κ3) is 5.42. The van der Waals surface area contributed by atoms with Crippen LogP contribution in [0.2, 0.25) is 0 Å². The van der Waals surface area contributed by atoms with Crippen LogP contribution in [0.5, 0.6) is 0 Å². The number of amides is 2. The lowest BCUT2D eigenvalue weighted by molar-refractivity contribution is -0.137. The van der Waals surface area contributed by atoms with E-state index in [4.69, 9.17) is 10.5 Å². The van der Waals surface area contributed by atoms with Crippen LogP contribution in [0.15, 0.2) is 11.6 Å². The molecule has 1 atom stereocenters. The Morgan fingerprint density at radius 1 is 1.45 bits per heavy atom. The summed E-state index contributed by atoms with van der Waals surface area (Å²) in [5.41, 5.74) is 6.49. The first-order valence-electron chi connectivity index (χ1n) is 8.08. The minimum absolute atomic E-state index is 0.0243. The number of rotatable bonds is 6. The van der Waals surface area contributed by atoms with Crippen molar-refractivity contribution in [1.29, 1.82) is 0 Å². The quantitative estimate of drug-likeness (QED) is 0.726. The predicted octanol–water partition coefficient (Wildman–Crippen LogP) is 0.521. The summed E-state index contributed by atoms with van der Waals surface area (Å²) in [6.45, 7) is 2.72. The van der Waals surface area contributed by atoms with E-state index >= 15 is 0 Å². The minimum atomic E-state index is -0.477. The van der Waals surface area contributed by atoms with Crippen molar-refractivity contribution < 1.29 is 14.3 Å². The van der Waals surface area contributed by atoms with Crippen molar-refractivity contribution in [3.63, 3.8) is 0 Å². The van der Waals surface area contributed by atoms with Gasteiger partial charge < -0.3 is 20.3 Å². The molecule has 0 bridgehead atoms. The van der Waals surface area contributed by atoms with Crippen LogP contribution < -0.4 is 5.73 Å². The van der Waals surface area contributed by atoms with E-state index in [2.05, 4.69) is 11.0 Å². The molecule has 22 heavy (non-hydrogen) atoms. The molecular formula is C16H27N3O3. The van der Waals surface area contributed by atoms with Gasteiger partial charge in [-0.05, 0) is 32.7 Å². The molecule has 0 radical (unpaired) electrons. The van der Waals surface area contributed by atoms with Gasteiger partial charge in [-0.25, -0.2) is 0 Å². The standard InChI is InChI=1S/C16H27N3O3/c1-18-7-8-22-14(10-18)11-19(12-15(17)20)16(21)9-13-5-3-2-4-6-13/h5,14H,2-4,6-12H2,1H3,(H2,17,20)/t14-/m1/s1. The zero-order chi connectivity index (χ0) is 15.9. The largest absolute Gasteiger partial charge is 0.374 e. The summed E-state index contributed by atoms with van der Waals surface area (Å²) in [5, 5.41) is 0. The van der Waals surface area contributed by atoms with Gasteiger partial charge in [0.25, 0.3) is 0 Å². The highest BCUT2D eigenvalue weighted by molar-refractivity contribution is 5.85. The number of morpholine rings is 1. The Labute approximate surface area is 132 Å². The van der Waals surface area contributed by atoms with E-state index in [1.54, 1.807) is 4.90 Å². The smallest absolute Gasteiger partial charge is 0.237 e. The van der Waals surface area contributed by atoms with E-state index in [-0.39, 0.29) is 18.6 Å². The molecule has 6 heteroatoms. The zero-order valence-corrected chi connectivity index (χ0v) is 13.4. The highest BCUT2D eigenvalue weighted by Crippen LogP contribution is 2.21. The first-order chi connectivity index (χ1) is 10.5. The van der Waals surface area contributed by atoms with E-state index in [0.717, 1.165) is 32.4 Å². The van der Waals surface area contributed by atoms with Crippen LogP contribution in [-0.4, -0.2) is 67.6 Å². The van der Waals surface area contributed by atoms with E-state index in [1.807, 2.05) is 7.05 Å². The van der Waals surface area contributed by atoms with Gasteiger partial charge in [-0.3, -0.25) is 9.59 Å². The van der Waals surface area contributed by atoms with Gasteiger partial charge in [0.05, 0.1) is 19.3 Å². The van der Waals surface area contributed by atoms with Crippen molar-refractivity contribution in [2.75, 3.05) is 39.8 Å². The molecule has 0 aromatic heterocycles. The van der Waals surface area contributed by atoms with Crippen LogP contribution in [-0.2, 0) is 14.3 Å². The average Bonchev–Trinajstić information content (AvgIpc) is 2.47. The second-order valence-electron chi connectivity index (χ2n) is 6.28. The highest BCUT2D eigenvalue weighted by atomic mass is 16.5. The van der Waals surface area contributed by atoms with Crippen molar-refractivity contribution in [1.82, 2.24) is 9.80 Å². The molecule has 124 valence electrons. The number of ether oxygens (including phenoxy) is 1. The maximum Gasteiger partial charge on any atom is 0.237 e. The third-order valence-corrected chi connectivity index (χ3v) is 4.23. The zero-order valence-electron chi connectivity index (χ0n) is 13.4. The fourth-order valence-electron chi connectivity index (χ4n) is 3.04. The number of likely N-dealkylation sites (N-methyl/N-ethyl adjacent to an activating group) is 1. The average molecular weight is 309 g/mol. The molecule has 1 aliphatic carbocycles. The number of carbonyl (C=O) groups is 2. The molecule has 1 fully saturated rings. The van der Waals surface area contributed by atoms with Crippen molar-refractivity contribution in [3.8, 4) is 0 Å². The van der Waals surface area contributed by atoms with Crippen LogP contribution in [0, 0.1) is 0 Å². The Morgan fingerprint density at radius 2 is 2.27 bits per heavy atom. The van der Waals surface area contributed by atoms with Crippen molar-refractivity contribution in [2.24, 2.45) is 5.73 Å². The molecular weight excluding hydrogens is 282 g/mol. The van der Waals surface area contributed by atoms with E-state index in [1.165, 1.54) is 12.0 Å². The molecule has 0 unspecified atom stereocenters. The Balaban J connectivity index is 1.93. The summed E-state index contributed by atoms with van der Waals surface area (Å²) in [4.78, 5) is 27.5. The molecule has 1 aliphatic heterocycles. The van der Waals surface area contributed by atoms with Gasteiger partial charge >= 0.3 is 0 Å². The van der Waals surface area contributed by atoms with Crippen LogP contribution in [0.1, 0.15) is 32.1 Å². The molecule has 1 saturated heterocycles. The molecule has 0 aromatic carbocycles. The first-order valence-corrected chi connectivity index (χ1v) is 8.08.